The number of carbonyl (C=O) groups excluding carboxylic acids is 2. The van der Waals surface area contributed by atoms with Gasteiger partial charge in [0.15, 0.2) is 0 Å². The largest absolute Gasteiger partial charge is 0.377 e. The molecule has 0 unspecified atom stereocenters. The van der Waals surface area contributed by atoms with Crippen molar-refractivity contribution in [1.29, 1.82) is 0 Å². The molecule has 0 radical (unpaired) electrons. The number of amides is 2. The van der Waals surface area contributed by atoms with Crippen LogP contribution in [0.5, 0.6) is 0 Å². The van der Waals surface area contributed by atoms with Crippen LogP contribution in [0.25, 0.3) is 0 Å². The van der Waals surface area contributed by atoms with Gasteiger partial charge in [-0.2, -0.15) is 0 Å². The summed E-state index contributed by atoms with van der Waals surface area (Å²) < 4.78 is 5.66. The summed E-state index contributed by atoms with van der Waals surface area (Å²) in [4.78, 5) is 24.7. The van der Waals surface area contributed by atoms with Crippen molar-refractivity contribution in [2.45, 2.75) is 30.8 Å². The Morgan fingerprint density at radius 1 is 1.08 bits per heavy atom. The molecule has 136 valence electrons. The highest BCUT2D eigenvalue weighted by atomic mass is 32.2. The molecule has 0 bridgehead atoms. The molecule has 5 nitrogen and oxygen atoms in total. The monoisotopic (exact) mass is 370 g/mol. The number of hydrogen-bond donors (Lipinski definition) is 2. The lowest BCUT2D eigenvalue weighted by molar-refractivity contribution is -0.114. The Labute approximate surface area is 157 Å². The number of rotatable bonds is 6. The van der Waals surface area contributed by atoms with E-state index in [4.69, 9.17) is 4.74 Å². The van der Waals surface area contributed by atoms with Gasteiger partial charge in [-0.15, -0.1) is 11.8 Å². The Balaban J connectivity index is 1.64. The topological polar surface area (TPSA) is 67.4 Å². The Bertz CT molecular complexity index is 771. The highest BCUT2D eigenvalue weighted by Crippen LogP contribution is 2.27. The predicted octanol–water partition coefficient (Wildman–Crippen LogP) is 4.17. The van der Waals surface area contributed by atoms with Gasteiger partial charge in [-0.25, -0.2) is 0 Å². The first-order valence-electron chi connectivity index (χ1n) is 8.64. The minimum Gasteiger partial charge on any atom is -0.377 e. The number of benzene rings is 2. The summed E-state index contributed by atoms with van der Waals surface area (Å²) in [5.74, 6) is 0.585. The summed E-state index contributed by atoms with van der Waals surface area (Å²) in [7, 11) is 0. The van der Waals surface area contributed by atoms with Crippen LogP contribution in [-0.2, 0) is 9.53 Å². The molecule has 2 aromatic carbocycles. The maximum atomic E-state index is 12.7. The molecular formula is C20H22N2O3S. The quantitative estimate of drug-likeness (QED) is 0.749. The van der Waals surface area contributed by atoms with Gasteiger partial charge >= 0.3 is 0 Å². The average molecular weight is 370 g/mol. The van der Waals surface area contributed by atoms with Gasteiger partial charge in [-0.3, -0.25) is 9.59 Å². The summed E-state index contributed by atoms with van der Waals surface area (Å²) in [5.41, 5.74) is 2.03. The first-order valence-corrected chi connectivity index (χ1v) is 9.63. The van der Waals surface area contributed by atoms with E-state index in [-0.39, 0.29) is 17.9 Å². The molecule has 2 amide bonds. The third-order valence-corrected chi connectivity index (χ3v) is 5.25. The zero-order valence-electron chi connectivity index (χ0n) is 14.7. The minimum atomic E-state index is -0.146. The molecule has 1 atom stereocenters. The van der Waals surface area contributed by atoms with Crippen molar-refractivity contribution in [3.63, 3.8) is 0 Å². The van der Waals surface area contributed by atoms with Crippen molar-refractivity contribution in [2.24, 2.45) is 0 Å². The third kappa shape index (κ3) is 5.09. The van der Waals surface area contributed by atoms with Crippen molar-refractivity contribution in [1.82, 2.24) is 0 Å². The number of nitrogens with one attached hydrogen (secondary N) is 2. The number of ether oxygens (including phenoxy) is 1. The lowest BCUT2D eigenvalue weighted by Gasteiger charge is -2.12. The molecule has 6 heteroatoms. The van der Waals surface area contributed by atoms with Crippen molar-refractivity contribution < 1.29 is 14.3 Å². The first kappa shape index (κ1) is 18.5. The fourth-order valence-corrected chi connectivity index (χ4v) is 3.90. The van der Waals surface area contributed by atoms with Gasteiger partial charge in [0, 0.05) is 35.6 Å². The van der Waals surface area contributed by atoms with E-state index >= 15 is 0 Å². The third-order valence-electron chi connectivity index (χ3n) is 4.04. The zero-order chi connectivity index (χ0) is 18.4. The van der Waals surface area contributed by atoms with Crippen LogP contribution in [-0.4, -0.2) is 30.3 Å². The number of carbonyl (C=O) groups is 2. The summed E-state index contributed by atoms with van der Waals surface area (Å²) >= 11 is 1.66. The summed E-state index contributed by atoms with van der Waals surface area (Å²) in [6.45, 7) is 2.29. The summed E-state index contributed by atoms with van der Waals surface area (Å²) in [6, 6.07) is 14.7. The molecule has 2 aromatic rings. The second-order valence-electron chi connectivity index (χ2n) is 6.15. The fraction of sp³-hybridized carbons (Fsp3) is 0.300. The molecule has 0 aromatic heterocycles. The maximum absolute atomic E-state index is 12.7. The van der Waals surface area contributed by atoms with E-state index in [1.54, 1.807) is 36.0 Å². The summed E-state index contributed by atoms with van der Waals surface area (Å²) in [6.07, 6.45) is 2.47. The zero-order valence-corrected chi connectivity index (χ0v) is 15.5. The number of thioether (sulfide) groups is 1. The van der Waals surface area contributed by atoms with Crippen LogP contribution in [0.15, 0.2) is 53.4 Å². The van der Waals surface area contributed by atoms with Crippen LogP contribution < -0.4 is 10.6 Å². The first-order chi connectivity index (χ1) is 12.6. The maximum Gasteiger partial charge on any atom is 0.256 e. The van der Waals surface area contributed by atoms with Crippen molar-refractivity contribution in [2.75, 3.05) is 23.0 Å². The summed E-state index contributed by atoms with van der Waals surface area (Å²) in [5, 5.41) is 5.61. The van der Waals surface area contributed by atoms with Gasteiger partial charge in [0.25, 0.3) is 5.91 Å². The standard InChI is InChI=1S/C20H22N2O3S/c1-14(23)21-15-8-10-16(11-9-15)22-20(24)18-6-2-3-7-19(18)26-13-17-5-4-12-25-17/h2-3,6-11,17H,4-5,12-13H2,1H3,(H,21,23)(H,22,24)/t17-/m0/s1. The van der Waals surface area contributed by atoms with Crippen molar-refractivity contribution >= 4 is 35.0 Å². The second-order valence-corrected chi connectivity index (χ2v) is 7.22. The molecule has 2 N–H and O–H groups in total. The lowest BCUT2D eigenvalue weighted by Crippen LogP contribution is -2.14. The Hall–Kier alpha value is -2.31. The molecule has 3 rings (SSSR count). The van der Waals surface area contributed by atoms with E-state index in [0.717, 1.165) is 30.1 Å². The van der Waals surface area contributed by atoms with E-state index in [1.165, 1.54) is 6.92 Å². The molecule has 1 aliphatic heterocycles. The SMILES string of the molecule is CC(=O)Nc1ccc(NC(=O)c2ccccc2SC[C@@H]2CCCO2)cc1. The molecule has 0 aliphatic carbocycles. The van der Waals surface area contributed by atoms with Gasteiger partial charge in [0.1, 0.15) is 0 Å². The number of hydrogen-bond acceptors (Lipinski definition) is 4. The van der Waals surface area contributed by atoms with Crippen LogP contribution in [0, 0.1) is 0 Å². The van der Waals surface area contributed by atoms with Gasteiger partial charge in [-0.1, -0.05) is 12.1 Å². The Kier molecular flexibility index (Phi) is 6.30. The average Bonchev–Trinajstić information content (AvgIpc) is 3.15. The van der Waals surface area contributed by atoms with Gasteiger partial charge in [0.05, 0.1) is 11.7 Å². The Morgan fingerprint density at radius 3 is 2.42 bits per heavy atom. The van der Waals surface area contributed by atoms with Crippen LogP contribution in [0.1, 0.15) is 30.1 Å². The molecular weight excluding hydrogens is 348 g/mol. The normalized spacial score (nSPS) is 16.3. The molecule has 1 heterocycles. The predicted molar refractivity (Wildman–Crippen MR) is 105 cm³/mol. The molecule has 1 saturated heterocycles. The van der Waals surface area contributed by atoms with E-state index in [9.17, 15) is 9.59 Å². The molecule has 1 aliphatic rings. The van der Waals surface area contributed by atoms with Crippen LogP contribution >= 0.6 is 11.8 Å². The van der Waals surface area contributed by atoms with Crippen molar-refractivity contribution in [3.05, 3.63) is 54.1 Å². The van der Waals surface area contributed by atoms with Gasteiger partial charge in [0.2, 0.25) is 5.91 Å². The van der Waals surface area contributed by atoms with Gasteiger partial charge < -0.3 is 15.4 Å². The van der Waals surface area contributed by atoms with Crippen LogP contribution in [0.4, 0.5) is 11.4 Å². The van der Waals surface area contributed by atoms with E-state index < -0.39 is 0 Å². The number of anilines is 2. The fourth-order valence-electron chi connectivity index (χ4n) is 2.78. The van der Waals surface area contributed by atoms with E-state index in [1.807, 2.05) is 24.3 Å². The lowest BCUT2D eigenvalue weighted by atomic mass is 10.2. The smallest absolute Gasteiger partial charge is 0.256 e. The highest BCUT2D eigenvalue weighted by molar-refractivity contribution is 7.99. The highest BCUT2D eigenvalue weighted by Gasteiger charge is 2.18. The van der Waals surface area contributed by atoms with Crippen LogP contribution in [0.3, 0.4) is 0 Å². The molecule has 0 saturated carbocycles. The molecule has 0 spiro atoms. The minimum absolute atomic E-state index is 0.126. The van der Waals surface area contributed by atoms with Gasteiger partial charge in [-0.05, 0) is 49.2 Å². The van der Waals surface area contributed by atoms with Crippen LogP contribution in [0.2, 0.25) is 0 Å². The van der Waals surface area contributed by atoms with Crippen molar-refractivity contribution in [3.8, 4) is 0 Å². The molecule has 26 heavy (non-hydrogen) atoms. The van der Waals surface area contributed by atoms with E-state index in [2.05, 4.69) is 10.6 Å². The molecule has 1 fully saturated rings. The van der Waals surface area contributed by atoms with E-state index in [0.29, 0.717) is 16.9 Å². The Morgan fingerprint density at radius 2 is 1.77 bits per heavy atom. The second kappa shape index (κ2) is 8.87.